The molecule has 4 nitrogen and oxygen atoms in total. The van der Waals surface area contributed by atoms with E-state index < -0.39 is 0 Å². The Morgan fingerprint density at radius 3 is 2.73 bits per heavy atom. The first-order valence-electron chi connectivity index (χ1n) is 7.67. The van der Waals surface area contributed by atoms with Crippen molar-refractivity contribution in [1.82, 2.24) is 10.3 Å². The molecule has 1 aliphatic rings. The average molecular weight is 296 g/mol. The third kappa shape index (κ3) is 2.82. The summed E-state index contributed by atoms with van der Waals surface area (Å²) in [5, 5.41) is 2.91. The minimum atomic E-state index is -0.348. The van der Waals surface area contributed by atoms with E-state index in [9.17, 15) is 9.59 Å². The Labute approximate surface area is 129 Å². The number of carbonyl (C=O) groups is 1. The van der Waals surface area contributed by atoms with Crippen molar-refractivity contribution in [2.24, 2.45) is 0 Å². The largest absolute Gasteiger partial charge is 0.345 e. The van der Waals surface area contributed by atoms with E-state index >= 15 is 0 Å². The first kappa shape index (κ1) is 14.6. The number of hydrogen-bond acceptors (Lipinski definition) is 2. The van der Waals surface area contributed by atoms with Gasteiger partial charge in [-0.1, -0.05) is 18.2 Å². The van der Waals surface area contributed by atoms with Crippen molar-refractivity contribution in [3.8, 4) is 0 Å². The van der Waals surface area contributed by atoms with Gasteiger partial charge in [-0.05, 0) is 61.9 Å². The molecule has 0 fully saturated rings. The zero-order valence-electron chi connectivity index (χ0n) is 12.9. The molecule has 1 atom stereocenters. The van der Waals surface area contributed by atoms with Gasteiger partial charge in [0.05, 0.1) is 6.04 Å². The SMILES string of the molecule is Cc1ccc(C(=O)N[C@H](C)c2ccc3c(c2)CCC3)c(=O)[nH]1. The lowest BCUT2D eigenvalue weighted by molar-refractivity contribution is 0.0938. The smallest absolute Gasteiger partial charge is 0.260 e. The second-order valence-corrected chi connectivity index (χ2v) is 5.96. The van der Waals surface area contributed by atoms with Gasteiger partial charge < -0.3 is 10.3 Å². The fraction of sp³-hybridized carbons (Fsp3) is 0.333. The van der Waals surface area contributed by atoms with Gasteiger partial charge in [0.2, 0.25) is 0 Å². The average Bonchev–Trinajstić information content (AvgIpc) is 2.94. The molecule has 1 aliphatic carbocycles. The maximum Gasteiger partial charge on any atom is 0.260 e. The molecule has 114 valence electrons. The zero-order chi connectivity index (χ0) is 15.7. The van der Waals surface area contributed by atoms with Gasteiger partial charge in [-0.2, -0.15) is 0 Å². The summed E-state index contributed by atoms with van der Waals surface area (Å²) in [6, 6.07) is 9.56. The quantitative estimate of drug-likeness (QED) is 0.914. The van der Waals surface area contributed by atoms with Crippen molar-refractivity contribution in [1.29, 1.82) is 0 Å². The summed E-state index contributed by atoms with van der Waals surface area (Å²) in [7, 11) is 0. The number of rotatable bonds is 3. The Balaban J connectivity index is 1.77. The summed E-state index contributed by atoms with van der Waals surface area (Å²) in [5.74, 6) is -0.339. The summed E-state index contributed by atoms with van der Waals surface area (Å²) in [6.07, 6.45) is 3.47. The summed E-state index contributed by atoms with van der Waals surface area (Å²) >= 11 is 0. The van der Waals surface area contributed by atoms with Crippen LogP contribution in [0.4, 0.5) is 0 Å². The lowest BCUT2D eigenvalue weighted by Gasteiger charge is -2.15. The Kier molecular flexibility index (Phi) is 3.84. The Morgan fingerprint density at radius 1 is 1.18 bits per heavy atom. The van der Waals surface area contributed by atoms with Crippen LogP contribution in [-0.4, -0.2) is 10.9 Å². The van der Waals surface area contributed by atoms with Crippen LogP contribution in [0.1, 0.15) is 52.1 Å². The molecule has 0 bridgehead atoms. The number of nitrogens with one attached hydrogen (secondary N) is 2. The van der Waals surface area contributed by atoms with Crippen LogP contribution >= 0.6 is 0 Å². The molecule has 0 saturated carbocycles. The van der Waals surface area contributed by atoms with Gasteiger partial charge in [-0.25, -0.2) is 0 Å². The Bertz CT molecular complexity index is 777. The van der Waals surface area contributed by atoms with E-state index in [1.165, 1.54) is 17.5 Å². The van der Waals surface area contributed by atoms with E-state index in [2.05, 4.69) is 28.5 Å². The number of aryl methyl sites for hydroxylation is 3. The number of benzene rings is 1. The molecule has 0 aliphatic heterocycles. The number of aromatic amines is 1. The fourth-order valence-corrected chi connectivity index (χ4v) is 2.97. The Morgan fingerprint density at radius 2 is 1.95 bits per heavy atom. The molecule has 22 heavy (non-hydrogen) atoms. The highest BCUT2D eigenvalue weighted by atomic mass is 16.2. The minimum absolute atomic E-state index is 0.126. The van der Waals surface area contributed by atoms with Crippen molar-refractivity contribution < 1.29 is 4.79 Å². The molecule has 1 amide bonds. The Hall–Kier alpha value is -2.36. The molecule has 0 spiro atoms. The van der Waals surface area contributed by atoms with Crippen molar-refractivity contribution in [2.75, 3.05) is 0 Å². The maximum absolute atomic E-state index is 12.3. The molecule has 4 heteroatoms. The van der Waals surface area contributed by atoms with E-state index in [0.717, 1.165) is 24.1 Å². The molecule has 0 unspecified atom stereocenters. The number of pyridine rings is 1. The van der Waals surface area contributed by atoms with Crippen LogP contribution in [0.3, 0.4) is 0 Å². The van der Waals surface area contributed by atoms with Crippen LogP contribution in [0.25, 0.3) is 0 Å². The number of amides is 1. The van der Waals surface area contributed by atoms with Crippen molar-refractivity contribution in [3.05, 3.63) is 68.6 Å². The summed E-state index contributed by atoms with van der Waals surface area (Å²) in [5.41, 5.74) is 4.42. The van der Waals surface area contributed by atoms with Crippen molar-refractivity contribution in [2.45, 2.75) is 39.2 Å². The van der Waals surface area contributed by atoms with E-state index in [1.807, 2.05) is 6.92 Å². The van der Waals surface area contributed by atoms with Crippen molar-refractivity contribution >= 4 is 5.91 Å². The van der Waals surface area contributed by atoms with Gasteiger partial charge in [-0.15, -0.1) is 0 Å². The van der Waals surface area contributed by atoms with Crippen LogP contribution in [0.2, 0.25) is 0 Å². The molecule has 1 heterocycles. The molecule has 1 aromatic heterocycles. The van der Waals surface area contributed by atoms with Gasteiger partial charge in [0.15, 0.2) is 0 Å². The molecule has 1 aromatic carbocycles. The lowest BCUT2D eigenvalue weighted by Crippen LogP contribution is -2.31. The highest BCUT2D eigenvalue weighted by Gasteiger charge is 2.17. The molecule has 2 N–H and O–H groups in total. The molecule has 0 radical (unpaired) electrons. The standard InChI is InChI=1S/C18H20N2O2/c1-11-6-9-16(17(21)19-11)18(22)20-12(2)14-8-7-13-4-3-5-15(13)10-14/h6-10,12H,3-5H2,1-2H3,(H,19,21)(H,20,22)/t12-/m1/s1. The number of H-pyrrole nitrogens is 1. The van der Waals surface area contributed by atoms with Crippen LogP contribution < -0.4 is 10.9 Å². The third-order valence-electron chi connectivity index (χ3n) is 4.27. The first-order chi connectivity index (χ1) is 10.5. The normalized spacial score (nSPS) is 14.5. The third-order valence-corrected chi connectivity index (χ3v) is 4.27. The second kappa shape index (κ2) is 5.79. The van der Waals surface area contributed by atoms with Gasteiger partial charge in [0.25, 0.3) is 11.5 Å². The number of fused-ring (bicyclic) bond motifs is 1. The van der Waals surface area contributed by atoms with Crippen LogP contribution in [0.15, 0.2) is 35.1 Å². The summed E-state index contributed by atoms with van der Waals surface area (Å²) < 4.78 is 0. The van der Waals surface area contributed by atoms with E-state index in [4.69, 9.17) is 0 Å². The molecule has 0 saturated heterocycles. The van der Waals surface area contributed by atoms with Gasteiger partial charge in [0.1, 0.15) is 5.56 Å². The molecular weight excluding hydrogens is 276 g/mol. The number of aromatic nitrogens is 1. The molecule has 2 aromatic rings. The summed E-state index contributed by atoms with van der Waals surface area (Å²) in [6.45, 7) is 3.73. The molecular formula is C18H20N2O2. The van der Waals surface area contributed by atoms with E-state index in [0.29, 0.717) is 0 Å². The second-order valence-electron chi connectivity index (χ2n) is 5.96. The van der Waals surface area contributed by atoms with Gasteiger partial charge >= 0.3 is 0 Å². The monoisotopic (exact) mass is 296 g/mol. The van der Waals surface area contributed by atoms with Crippen LogP contribution in [0.5, 0.6) is 0 Å². The highest BCUT2D eigenvalue weighted by Crippen LogP contribution is 2.25. The maximum atomic E-state index is 12.3. The predicted octanol–water partition coefficient (Wildman–Crippen LogP) is 2.66. The topological polar surface area (TPSA) is 62.0 Å². The lowest BCUT2D eigenvalue weighted by atomic mass is 10.0. The van der Waals surface area contributed by atoms with E-state index in [1.54, 1.807) is 19.1 Å². The fourth-order valence-electron chi connectivity index (χ4n) is 2.97. The predicted molar refractivity (Wildman–Crippen MR) is 86.1 cm³/mol. The highest BCUT2D eigenvalue weighted by molar-refractivity contribution is 5.94. The zero-order valence-corrected chi connectivity index (χ0v) is 12.9. The van der Waals surface area contributed by atoms with Crippen LogP contribution in [0, 0.1) is 6.92 Å². The minimum Gasteiger partial charge on any atom is -0.345 e. The number of hydrogen-bond donors (Lipinski definition) is 2. The van der Waals surface area contributed by atoms with Gasteiger partial charge in [0, 0.05) is 5.69 Å². The molecule has 3 rings (SSSR count). The van der Waals surface area contributed by atoms with Crippen molar-refractivity contribution in [3.63, 3.8) is 0 Å². The summed E-state index contributed by atoms with van der Waals surface area (Å²) in [4.78, 5) is 26.7. The van der Waals surface area contributed by atoms with Gasteiger partial charge in [-0.3, -0.25) is 9.59 Å². The first-order valence-corrected chi connectivity index (χ1v) is 7.67. The number of carbonyl (C=O) groups excluding carboxylic acids is 1. The van der Waals surface area contributed by atoms with E-state index in [-0.39, 0.29) is 23.1 Å². The van der Waals surface area contributed by atoms with Crippen LogP contribution in [-0.2, 0) is 12.8 Å².